The van der Waals surface area contributed by atoms with E-state index in [1.807, 2.05) is 24.3 Å². The first kappa shape index (κ1) is 27.7. The number of ether oxygens (including phenoxy) is 1. The second-order valence-electron chi connectivity index (χ2n) is 7.81. The number of hydrogen-bond donors (Lipinski definition) is 5. The lowest BCUT2D eigenvalue weighted by molar-refractivity contribution is -0.165. The molecule has 0 saturated carbocycles. The summed E-state index contributed by atoms with van der Waals surface area (Å²) in [7, 11) is 1.78. The molecular formula is C24H31N3O8. The van der Waals surface area contributed by atoms with Gasteiger partial charge < -0.3 is 40.7 Å². The SMILES string of the molecule is CN(CCN)C(=O)c1cccc(-c2ccc(N3CCOCC3)cc2)c1.O=C(O)[C@H](O)[C@@H](O)C(=O)O. The topological polar surface area (TPSA) is 174 Å². The van der Waals surface area contributed by atoms with Gasteiger partial charge in [0.1, 0.15) is 0 Å². The molecule has 0 unspecified atom stereocenters. The van der Waals surface area contributed by atoms with Crippen molar-refractivity contribution in [2.75, 3.05) is 51.3 Å². The van der Waals surface area contributed by atoms with Crippen LogP contribution in [0.2, 0.25) is 0 Å². The lowest BCUT2D eigenvalue weighted by Crippen LogP contribution is -2.39. The highest BCUT2D eigenvalue weighted by atomic mass is 16.5. The van der Waals surface area contributed by atoms with Crippen LogP contribution < -0.4 is 10.6 Å². The molecule has 0 bridgehead atoms. The van der Waals surface area contributed by atoms with E-state index in [2.05, 4.69) is 29.2 Å². The maximum Gasteiger partial charge on any atom is 0.335 e. The van der Waals surface area contributed by atoms with E-state index in [-0.39, 0.29) is 5.91 Å². The Morgan fingerprint density at radius 3 is 2.06 bits per heavy atom. The van der Waals surface area contributed by atoms with Crippen molar-refractivity contribution in [1.29, 1.82) is 0 Å². The number of aliphatic hydroxyl groups is 2. The van der Waals surface area contributed by atoms with E-state index in [9.17, 15) is 14.4 Å². The number of aliphatic hydroxyl groups excluding tert-OH is 2. The molecule has 2 aromatic carbocycles. The van der Waals surface area contributed by atoms with Gasteiger partial charge in [0.05, 0.1) is 13.2 Å². The number of likely N-dealkylation sites (N-methyl/N-ethyl adjacent to an activating group) is 1. The van der Waals surface area contributed by atoms with Crippen LogP contribution >= 0.6 is 0 Å². The highest BCUT2D eigenvalue weighted by Gasteiger charge is 2.29. The number of hydrogen-bond acceptors (Lipinski definition) is 8. The fourth-order valence-corrected chi connectivity index (χ4v) is 3.30. The van der Waals surface area contributed by atoms with Crippen molar-refractivity contribution < 1.29 is 39.5 Å². The Hall–Kier alpha value is -3.51. The summed E-state index contributed by atoms with van der Waals surface area (Å²) in [5.41, 5.74) is 9.58. The molecule has 0 aromatic heterocycles. The van der Waals surface area contributed by atoms with E-state index in [1.165, 1.54) is 5.69 Å². The molecule has 0 aliphatic carbocycles. The molecule has 1 heterocycles. The number of aliphatic carboxylic acids is 2. The number of carbonyl (C=O) groups excluding carboxylic acids is 1. The first-order valence-electron chi connectivity index (χ1n) is 11.0. The molecule has 11 nitrogen and oxygen atoms in total. The van der Waals surface area contributed by atoms with E-state index >= 15 is 0 Å². The van der Waals surface area contributed by atoms with Crippen molar-refractivity contribution in [2.24, 2.45) is 5.73 Å². The van der Waals surface area contributed by atoms with Crippen LogP contribution in [0.1, 0.15) is 10.4 Å². The Kier molecular flexibility index (Phi) is 10.6. The molecule has 3 rings (SSSR count). The highest BCUT2D eigenvalue weighted by molar-refractivity contribution is 5.95. The summed E-state index contributed by atoms with van der Waals surface area (Å²) in [6.07, 6.45) is -4.53. The number of carboxylic acids is 2. The lowest BCUT2D eigenvalue weighted by atomic mass is 10.0. The fraction of sp³-hybridized carbons (Fsp3) is 0.375. The number of carboxylic acid groups (broad SMARTS) is 2. The molecule has 0 spiro atoms. The van der Waals surface area contributed by atoms with Crippen LogP contribution in [0.25, 0.3) is 11.1 Å². The standard InChI is InChI=1S/C20H25N3O2.C4H6O6/c1-22(10-9-21)20(24)18-4-2-3-17(15-18)16-5-7-19(8-6-16)23-11-13-25-14-12-23;5-1(3(7)8)2(6)4(9)10/h2-8,15H,9-14,21H2,1H3;1-2,5-6H,(H,7,8)(H,9,10)/t;1-,2-/m.1/s1. The van der Waals surface area contributed by atoms with Gasteiger partial charge in [-0.2, -0.15) is 0 Å². The number of carbonyl (C=O) groups is 3. The molecule has 11 heteroatoms. The van der Waals surface area contributed by atoms with Crippen LogP contribution in [0.5, 0.6) is 0 Å². The minimum atomic E-state index is -2.27. The molecule has 2 atom stereocenters. The highest BCUT2D eigenvalue weighted by Crippen LogP contribution is 2.25. The summed E-state index contributed by atoms with van der Waals surface area (Å²) in [6, 6.07) is 16.2. The molecular weight excluding hydrogens is 458 g/mol. The van der Waals surface area contributed by atoms with E-state index in [0.29, 0.717) is 18.7 Å². The number of morpholine rings is 1. The molecule has 1 saturated heterocycles. The average Bonchev–Trinajstić information content (AvgIpc) is 2.88. The Morgan fingerprint density at radius 2 is 1.54 bits per heavy atom. The van der Waals surface area contributed by atoms with Gasteiger partial charge >= 0.3 is 11.9 Å². The van der Waals surface area contributed by atoms with Crippen molar-refractivity contribution in [1.82, 2.24) is 4.90 Å². The lowest BCUT2D eigenvalue weighted by Gasteiger charge is -2.28. The van der Waals surface area contributed by atoms with Crippen molar-refractivity contribution in [3.05, 3.63) is 54.1 Å². The minimum absolute atomic E-state index is 0.00256. The van der Waals surface area contributed by atoms with Crippen LogP contribution in [-0.4, -0.2) is 102 Å². The Balaban J connectivity index is 0.000000367. The monoisotopic (exact) mass is 489 g/mol. The number of rotatable bonds is 8. The van der Waals surface area contributed by atoms with Gasteiger partial charge in [0.2, 0.25) is 0 Å². The van der Waals surface area contributed by atoms with Gasteiger partial charge in [-0.3, -0.25) is 4.79 Å². The summed E-state index contributed by atoms with van der Waals surface area (Å²) < 4.78 is 5.40. The summed E-state index contributed by atoms with van der Waals surface area (Å²) in [6.45, 7) is 4.43. The smallest absolute Gasteiger partial charge is 0.335 e. The molecule has 1 fully saturated rings. The predicted octanol–water partition coefficient (Wildman–Crippen LogP) is 0.0983. The van der Waals surface area contributed by atoms with Crippen LogP contribution in [0.15, 0.2) is 48.5 Å². The zero-order valence-corrected chi connectivity index (χ0v) is 19.4. The zero-order chi connectivity index (χ0) is 26.0. The van der Waals surface area contributed by atoms with E-state index in [1.54, 1.807) is 11.9 Å². The second-order valence-corrected chi connectivity index (χ2v) is 7.81. The van der Waals surface area contributed by atoms with Crippen LogP contribution in [0.4, 0.5) is 5.69 Å². The Bertz CT molecular complexity index is 975. The molecule has 35 heavy (non-hydrogen) atoms. The van der Waals surface area contributed by atoms with Gasteiger partial charge in [0.25, 0.3) is 5.91 Å². The fourth-order valence-electron chi connectivity index (χ4n) is 3.30. The average molecular weight is 490 g/mol. The third-order valence-corrected chi connectivity index (χ3v) is 5.30. The summed E-state index contributed by atoms with van der Waals surface area (Å²) in [5, 5.41) is 32.5. The van der Waals surface area contributed by atoms with E-state index in [0.717, 1.165) is 37.4 Å². The van der Waals surface area contributed by atoms with Gasteiger partial charge in [-0.25, -0.2) is 9.59 Å². The largest absolute Gasteiger partial charge is 0.479 e. The van der Waals surface area contributed by atoms with E-state index in [4.69, 9.17) is 30.9 Å². The molecule has 1 aliphatic rings. The zero-order valence-electron chi connectivity index (χ0n) is 19.4. The normalized spacial score (nSPS) is 14.8. The van der Waals surface area contributed by atoms with Crippen molar-refractivity contribution in [2.45, 2.75) is 12.2 Å². The quantitative estimate of drug-likeness (QED) is 0.342. The Morgan fingerprint density at radius 1 is 0.971 bits per heavy atom. The van der Waals surface area contributed by atoms with Crippen molar-refractivity contribution in [3.63, 3.8) is 0 Å². The van der Waals surface area contributed by atoms with Crippen LogP contribution in [-0.2, 0) is 14.3 Å². The van der Waals surface area contributed by atoms with E-state index < -0.39 is 24.1 Å². The molecule has 6 N–H and O–H groups in total. The Labute approximate surface area is 203 Å². The first-order chi connectivity index (χ1) is 16.6. The predicted molar refractivity (Wildman–Crippen MR) is 128 cm³/mol. The molecule has 190 valence electrons. The van der Waals surface area contributed by atoms with Gasteiger partial charge in [-0.15, -0.1) is 0 Å². The number of benzene rings is 2. The van der Waals surface area contributed by atoms with Gasteiger partial charge in [-0.05, 0) is 35.4 Å². The second kappa shape index (κ2) is 13.4. The van der Waals surface area contributed by atoms with Crippen LogP contribution in [0, 0.1) is 0 Å². The third kappa shape index (κ3) is 8.04. The number of amides is 1. The summed E-state index contributed by atoms with van der Waals surface area (Å²) >= 11 is 0. The van der Waals surface area contributed by atoms with Crippen molar-refractivity contribution >= 4 is 23.5 Å². The molecule has 1 aliphatic heterocycles. The molecule has 2 aromatic rings. The van der Waals surface area contributed by atoms with Gasteiger partial charge in [-0.1, -0.05) is 24.3 Å². The van der Waals surface area contributed by atoms with Gasteiger partial charge in [0.15, 0.2) is 12.2 Å². The number of nitrogens with zero attached hydrogens (tertiary/aromatic N) is 2. The maximum atomic E-state index is 12.4. The maximum absolute atomic E-state index is 12.4. The van der Waals surface area contributed by atoms with Crippen LogP contribution in [0.3, 0.4) is 0 Å². The molecule has 1 amide bonds. The minimum Gasteiger partial charge on any atom is -0.479 e. The van der Waals surface area contributed by atoms with Gasteiger partial charge in [0, 0.05) is 44.5 Å². The number of anilines is 1. The van der Waals surface area contributed by atoms with Crippen molar-refractivity contribution in [3.8, 4) is 11.1 Å². The summed E-state index contributed by atoms with van der Waals surface area (Å²) in [5.74, 6) is -3.54. The number of nitrogens with two attached hydrogens (primary N) is 1. The third-order valence-electron chi connectivity index (χ3n) is 5.30. The summed E-state index contributed by atoms with van der Waals surface area (Å²) in [4.78, 5) is 36.0. The first-order valence-corrected chi connectivity index (χ1v) is 11.0. The molecule has 0 radical (unpaired) electrons.